The number of aliphatic hydroxyl groups is 1. The Morgan fingerprint density at radius 2 is 2.06 bits per heavy atom. The van der Waals surface area contributed by atoms with E-state index in [-0.39, 0.29) is 12.4 Å². The minimum absolute atomic E-state index is 0.0473. The van der Waals surface area contributed by atoms with Gasteiger partial charge in [-0.15, -0.1) is 0 Å². The average Bonchev–Trinajstić information content (AvgIpc) is 2.26. The normalized spacial score (nSPS) is 13.1. The third-order valence-electron chi connectivity index (χ3n) is 2.38. The molecule has 0 fully saturated rings. The Kier molecular flexibility index (Phi) is 4.98. The van der Waals surface area contributed by atoms with Crippen LogP contribution in [0, 0.1) is 0 Å². The molecule has 0 heterocycles. The molecule has 0 bridgehead atoms. The topological polar surface area (TPSA) is 72.8 Å². The molecule has 6 heteroatoms. The van der Waals surface area contributed by atoms with Gasteiger partial charge in [0, 0.05) is 17.9 Å². The third kappa shape index (κ3) is 4.54. The zero-order valence-electron chi connectivity index (χ0n) is 10.7. The highest BCUT2D eigenvalue weighted by molar-refractivity contribution is 7.90. The molecule has 0 aliphatic heterocycles. The highest BCUT2D eigenvalue weighted by Crippen LogP contribution is 2.29. The van der Waals surface area contributed by atoms with Gasteiger partial charge in [0.15, 0.2) is 9.84 Å². The van der Waals surface area contributed by atoms with Crippen molar-refractivity contribution in [3.8, 4) is 11.5 Å². The van der Waals surface area contributed by atoms with Gasteiger partial charge in [-0.2, -0.15) is 0 Å². The van der Waals surface area contributed by atoms with Gasteiger partial charge in [-0.05, 0) is 19.1 Å². The lowest BCUT2D eigenvalue weighted by Crippen LogP contribution is -2.13. The number of benzene rings is 1. The molecule has 0 spiro atoms. The monoisotopic (exact) mass is 274 g/mol. The van der Waals surface area contributed by atoms with Gasteiger partial charge in [0.2, 0.25) is 0 Å². The van der Waals surface area contributed by atoms with Crippen molar-refractivity contribution in [2.45, 2.75) is 13.0 Å². The number of methoxy groups -OCH3 is 1. The fourth-order valence-electron chi connectivity index (χ4n) is 1.41. The molecule has 0 aromatic heterocycles. The Balaban J connectivity index is 2.84. The predicted octanol–water partition coefficient (Wildman–Crippen LogP) is 1.17. The molecular formula is C12H18O5S. The molecule has 1 atom stereocenters. The molecule has 1 N–H and O–H groups in total. The first-order chi connectivity index (χ1) is 8.33. The number of sulfone groups is 1. The van der Waals surface area contributed by atoms with Gasteiger partial charge in [-0.25, -0.2) is 8.42 Å². The van der Waals surface area contributed by atoms with Crippen molar-refractivity contribution in [2.24, 2.45) is 0 Å². The Morgan fingerprint density at radius 3 is 2.56 bits per heavy atom. The summed E-state index contributed by atoms with van der Waals surface area (Å²) in [7, 11) is -1.54. The fraction of sp³-hybridized carbons (Fsp3) is 0.500. The Bertz CT molecular complexity index is 493. The average molecular weight is 274 g/mol. The van der Waals surface area contributed by atoms with Crippen molar-refractivity contribution in [2.75, 3.05) is 25.7 Å². The zero-order valence-corrected chi connectivity index (χ0v) is 11.5. The molecule has 0 aliphatic rings. The Labute approximate surface area is 107 Å². The minimum Gasteiger partial charge on any atom is -0.497 e. The summed E-state index contributed by atoms with van der Waals surface area (Å²) in [5.74, 6) is 0.963. The Hall–Kier alpha value is -1.27. The van der Waals surface area contributed by atoms with Crippen molar-refractivity contribution in [1.29, 1.82) is 0 Å². The predicted molar refractivity (Wildman–Crippen MR) is 68.8 cm³/mol. The van der Waals surface area contributed by atoms with Crippen LogP contribution in [0.5, 0.6) is 11.5 Å². The van der Waals surface area contributed by atoms with Crippen LogP contribution in [0.4, 0.5) is 0 Å². The first-order valence-corrected chi connectivity index (χ1v) is 7.56. The van der Waals surface area contributed by atoms with E-state index < -0.39 is 15.9 Å². The highest BCUT2D eigenvalue weighted by atomic mass is 32.2. The summed E-state index contributed by atoms with van der Waals surface area (Å²) in [4.78, 5) is 0. The van der Waals surface area contributed by atoms with Gasteiger partial charge in [0.05, 0.1) is 19.0 Å². The summed E-state index contributed by atoms with van der Waals surface area (Å²) < 4.78 is 32.5. The van der Waals surface area contributed by atoms with Gasteiger partial charge in [-0.1, -0.05) is 0 Å². The zero-order chi connectivity index (χ0) is 13.8. The van der Waals surface area contributed by atoms with Crippen molar-refractivity contribution in [3.63, 3.8) is 0 Å². The molecule has 0 amide bonds. The second kappa shape index (κ2) is 6.06. The number of aliphatic hydroxyl groups excluding tert-OH is 1. The summed E-state index contributed by atoms with van der Waals surface area (Å²) in [5, 5.41) is 9.59. The molecule has 1 rings (SSSR count). The van der Waals surface area contributed by atoms with Crippen LogP contribution in [-0.2, 0) is 9.84 Å². The van der Waals surface area contributed by atoms with E-state index in [1.165, 1.54) is 7.11 Å². The standard InChI is InChI=1S/C12H18O5S/c1-9(13)11-5-4-10(16-2)8-12(11)17-6-7-18(3,14)15/h4-5,8-9,13H,6-7H2,1-3H3/t9-/m1/s1. The maximum absolute atomic E-state index is 11.0. The van der Waals surface area contributed by atoms with E-state index in [9.17, 15) is 13.5 Å². The van der Waals surface area contributed by atoms with Crippen LogP contribution in [0.2, 0.25) is 0 Å². The third-order valence-corrected chi connectivity index (χ3v) is 3.29. The van der Waals surface area contributed by atoms with Crippen LogP contribution in [-0.4, -0.2) is 39.2 Å². The molecule has 0 unspecified atom stereocenters. The van der Waals surface area contributed by atoms with Crippen molar-refractivity contribution >= 4 is 9.84 Å². The van der Waals surface area contributed by atoms with Crippen molar-refractivity contribution in [3.05, 3.63) is 23.8 Å². The van der Waals surface area contributed by atoms with E-state index in [4.69, 9.17) is 9.47 Å². The summed E-state index contributed by atoms with van der Waals surface area (Å²) >= 11 is 0. The van der Waals surface area contributed by atoms with Gasteiger partial charge >= 0.3 is 0 Å². The highest BCUT2D eigenvalue weighted by Gasteiger charge is 2.11. The van der Waals surface area contributed by atoms with Crippen LogP contribution in [0.25, 0.3) is 0 Å². The van der Waals surface area contributed by atoms with Crippen LogP contribution in [0.1, 0.15) is 18.6 Å². The maximum atomic E-state index is 11.0. The van der Waals surface area contributed by atoms with Gasteiger partial charge in [-0.3, -0.25) is 0 Å². The van der Waals surface area contributed by atoms with Crippen molar-refractivity contribution < 1.29 is 23.0 Å². The lowest BCUT2D eigenvalue weighted by Gasteiger charge is -2.14. The van der Waals surface area contributed by atoms with E-state index in [1.54, 1.807) is 25.1 Å². The lowest BCUT2D eigenvalue weighted by molar-refractivity contribution is 0.192. The van der Waals surface area contributed by atoms with Crippen LogP contribution in [0.3, 0.4) is 0 Å². The summed E-state index contributed by atoms with van der Waals surface area (Å²) in [6.07, 6.45) is 0.460. The molecule has 0 saturated heterocycles. The van der Waals surface area contributed by atoms with E-state index in [0.717, 1.165) is 6.26 Å². The smallest absolute Gasteiger partial charge is 0.150 e. The molecule has 0 radical (unpaired) electrons. The van der Waals surface area contributed by atoms with E-state index in [2.05, 4.69) is 0 Å². The molecule has 102 valence electrons. The fourth-order valence-corrected chi connectivity index (χ4v) is 1.80. The molecule has 5 nitrogen and oxygen atoms in total. The molecular weight excluding hydrogens is 256 g/mol. The second-order valence-corrected chi connectivity index (χ2v) is 6.32. The van der Waals surface area contributed by atoms with Crippen LogP contribution < -0.4 is 9.47 Å². The van der Waals surface area contributed by atoms with Crippen LogP contribution in [0.15, 0.2) is 18.2 Å². The minimum atomic E-state index is -3.06. The largest absolute Gasteiger partial charge is 0.497 e. The van der Waals surface area contributed by atoms with Gasteiger partial charge in [0.25, 0.3) is 0 Å². The van der Waals surface area contributed by atoms with E-state index in [0.29, 0.717) is 17.1 Å². The second-order valence-electron chi connectivity index (χ2n) is 4.06. The molecule has 1 aromatic carbocycles. The number of rotatable bonds is 6. The molecule has 1 aromatic rings. The number of ether oxygens (including phenoxy) is 2. The number of hydrogen-bond donors (Lipinski definition) is 1. The molecule has 0 aliphatic carbocycles. The molecule has 0 saturated carbocycles. The quantitative estimate of drug-likeness (QED) is 0.843. The van der Waals surface area contributed by atoms with Crippen molar-refractivity contribution in [1.82, 2.24) is 0 Å². The summed E-state index contributed by atoms with van der Waals surface area (Å²) in [6, 6.07) is 5.04. The first kappa shape index (κ1) is 14.8. The van der Waals surface area contributed by atoms with E-state index in [1.807, 2.05) is 0 Å². The SMILES string of the molecule is COc1ccc([C@@H](C)O)c(OCCS(C)(=O)=O)c1. The van der Waals surface area contributed by atoms with E-state index >= 15 is 0 Å². The van der Waals surface area contributed by atoms with Crippen LogP contribution >= 0.6 is 0 Å². The maximum Gasteiger partial charge on any atom is 0.150 e. The molecule has 18 heavy (non-hydrogen) atoms. The lowest BCUT2D eigenvalue weighted by atomic mass is 10.1. The van der Waals surface area contributed by atoms with Gasteiger partial charge < -0.3 is 14.6 Å². The first-order valence-electron chi connectivity index (χ1n) is 5.50. The summed E-state index contributed by atoms with van der Waals surface area (Å²) in [5.41, 5.74) is 0.601. The van der Waals surface area contributed by atoms with Gasteiger partial charge in [0.1, 0.15) is 18.1 Å². The summed E-state index contributed by atoms with van der Waals surface area (Å²) in [6.45, 7) is 1.66. The number of hydrogen-bond acceptors (Lipinski definition) is 5. The Morgan fingerprint density at radius 1 is 1.39 bits per heavy atom.